The maximum absolute atomic E-state index is 10.6. The molecule has 0 aliphatic heterocycles. The van der Waals surface area contributed by atoms with Crippen molar-refractivity contribution in [3.8, 4) is 0 Å². The van der Waals surface area contributed by atoms with Crippen LogP contribution in [0.3, 0.4) is 0 Å². The maximum atomic E-state index is 10.6. The van der Waals surface area contributed by atoms with Crippen LogP contribution >= 0.6 is 11.3 Å². The number of carboxylic acids is 1. The van der Waals surface area contributed by atoms with Crippen LogP contribution in [0.5, 0.6) is 0 Å². The van der Waals surface area contributed by atoms with E-state index in [9.17, 15) is 4.79 Å². The smallest absolute Gasteiger partial charge is 1.00 e. The summed E-state index contributed by atoms with van der Waals surface area (Å²) < 4.78 is 0.912. The first-order valence-electron chi connectivity index (χ1n) is 3.35. The molecule has 2 rings (SSSR count). The first-order valence-corrected chi connectivity index (χ1v) is 4.17. The molecule has 0 saturated heterocycles. The second-order valence-electron chi connectivity index (χ2n) is 2.30. The molecule has 5 heteroatoms. The van der Waals surface area contributed by atoms with Crippen molar-refractivity contribution in [1.82, 2.24) is 4.98 Å². The number of aromatic carboxylic acids is 1. The van der Waals surface area contributed by atoms with E-state index in [0.29, 0.717) is 4.88 Å². The van der Waals surface area contributed by atoms with Gasteiger partial charge in [0, 0.05) is 6.20 Å². The molecular weight excluding hydrogens is 181 g/mol. The molecule has 0 aromatic carbocycles. The summed E-state index contributed by atoms with van der Waals surface area (Å²) in [7, 11) is 0. The van der Waals surface area contributed by atoms with Crippen molar-refractivity contribution < 1.29 is 30.2 Å². The minimum Gasteiger partial charge on any atom is -1.00 e. The number of hydrogen-bond acceptors (Lipinski definition) is 3. The van der Waals surface area contributed by atoms with E-state index < -0.39 is 5.97 Å². The minimum atomic E-state index is -0.891. The normalized spacial score (nSPS) is 9.54. The molecule has 0 bridgehead atoms. The number of aromatic nitrogens is 1. The van der Waals surface area contributed by atoms with Crippen molar-refractivity contribution in [3.05, 3.63) is 29.3 Å². The molecule has 0 unspecified atom stereocenters. The largest absolute Gasteiger partial charge is 1.00 e. The molecule has 0 fully saturated rings. The molecule has 2 heterocycles. The number of fused-ring (bicyclic) bond motifs is 1. The fourth-order valence-corrected chi connectivity index (χ4v) is 1.83. The van der Waals surface area contributed by atoms with Crippen molar-refractivity contribution in [2.24, 2.45) is 0 Å². The predicted molar refractivity (Wildman–Crippen MR) is 47.7 cm³/mol. The number of hydrogen-bond donors (Lipinski definition) is 1. The first-order chi connectivity index (χ1) is 5.77. The summed E-state index contributed by atoms with van der Waals surface area (Å²) in [6, 6.07) is 5.24. The summed E-state index contributed by atoms with van der Waals surface area (Å²) in [6.45, 7) is 0. The summed E-state index contributed by atoms with van der Waals surface area (Å²) in [5.41, 5.74) is 0.750. The molecule has 0 atom stereocenters. The van der Waals surface area contributed by atoms with Gasteiger partial charge in [-0.2, -0.15) is 0 Å². The van der Waals surface area contributed by atoms with Crippen molar-refractivity contribution in [2.45, 2.75) is 0 Å². The summed E-state index contributed by atoms with van der Waals surface area (Å²) in [4.78, 5) is 14.9. The molecule has 62 valence electrons. The molecule has 0 radical (unpaired) electrons. The number of pyridine rings is 1. The zero-order chi connectivity index (χ0) is 8.55. The van der Waals surface area contributed by atoms with Crippen LogP contribution in [-0.4, -0.2) is 16.1 Å². The van der Waals surface area contributed by atoms with Crippen LogP contribution in [-0.2, 0) is 0 Å². The van der Waals surface area contributed by atoms with Crippen molar-refractivity contribution >= 4 is 27.5 Å². The Morgan fingerprint density at radius 1 is 1.62 bits per heavy atom. The van der Waals surface area contributed by atoms with Crippen LogP contribution in [0.15, 0.2) is 24.4 Å². The van der Waals surface area contributed by atoms with E-state index in [2.05, 4.69) is 4.98 Å². The zero-order valence-corrected chi connectivity index (χ0v) is 7.84. The second-order valence-corrected chi connectivity index (χ2v) is 3.39. The van der Waals surface area contributed by atoms with E-state index in [0.717, 1.165) is 10.2 Å². The molecule has 13 heavy (non-hydrogen) atoms. The van der Waals surface area contributed by atoms with Crippen LogP contribution in [0.2, 0.25) is 0 Å². The maximum Gasteiger partial charge on any atom is 1.00 e. The quantitative estimate of drug-likeness (QED) is 0.589. The van der Waals surface area contributed by atoms with Gasteiger partial charge < -0.3 is 6.53 Å². The molecule has 0 aliphatic carbocycles. The average molecular weight is 187 g/mol. The SMILES string of the molecule is O=C(O)c1cc2ncccc2s1.[H-].[Li+]. The fraction of sp³-hybridized carbons (Fsp3) is 0. The van der Waals surface area contributed by atoms with Gasteiger partial charge in [-0.25, -0.2) is 4.79 Å². The zero-order valence-electron chi connectivity index (χ0n) is 8.02. The van der Waals surface area contributed by atoms with Crippen LogP contribution < -0.4 is 18.9 Å². The summed E-state index contributed by atoms with van der Waals surface area (Å²) >= 11 is 1.24. The van der Waals surface area contributed by atoms with Gasteiger partial charge in [0.1, 0.15) is 4.88 Å². The third-order valence-corrected chi connectivity index (χ3v) is 2.58. The standard InChI is InChI=1S/C8H5NO2S.Li.H/c10-8(11)7-4-5-6(12-7)2-1-3-9-5;;/h1-4H,(H,10,11);;/q;+1;-1. The van der Waals surface area contributed by atoms with E-state index >= 15 is 0 Å². The number of carboxylic acid groups (broad SMARTS) is 1. The number of thiophene rings is 1. The Morgan fingerprint density at radius 3 is 3.00 bits per heavy atom. The average Bonchev–Trinajstić information content (AvgIpc) is 2.46. The monoisotopic (exact) mass is 187 g/mol. The summed E-state index contributed by atoms with van der Waals surface area (Å²) in [5, 5.41) is 8.67. The van der Waals surface area contributed by atoms with Crippen LogP contribution in [0, 0.1) is 0 Å². The Balaban J connectivity index is 0.000000845. The van der Waals surface area contributed by atoms with E-state index in [1.165, 1.54) is 11.3 Å². The second kappa shape index (κ2) is 3.92. The molecule has 1 N–H and O–H groups in total. The van der Waals surface area contributed by atoms with Crippen molar-refractivity contribution in [3.63, 3.8) is 0 Å². The Kier molecular flexibility index (Phi) is 3.10. The van der Waals surface area contributed by atoms with Gasteiger partial charge in [-0.05, 0) is 18.2 Å². The number of carbonyl (C=O) groups is 1. The van der Waals surface area contributed by atoms with E-state index in [-0.39, 0.29) is 20.3 Å². The van der Waals surface area contributed by atoms with Gasteiger partial charge in [0.2, 0.25) is 0 Å². The molecular formula is C8H6LiNO2S. The van der Waals surface area contributed by atoms with Gasteiger partial charge in [0.15, 0.2) is 0 Å². The van der Waals surface area contributed by atoms with Crippen LogP contribution in [0.25, 0.3) is 10.2 Å². The molecule has 0 saturated carbocycles. The Bertz CT molecular complexity index is 413. The predicted octanol–water partition coefficient (Wildman–Crippen LogP) is -0.889. The van der Waals surface area contributed by atoms with Crippen LogP contribution in [0.1, 0.15) is 11.1 Å². The number of nitrogens with zero attached hydrogens (tertiary/aromatic N) is 1. The van der Waals surface area contributed by atoms with Gasteiger partial charge in [0.05, 0.1) is 10.2 Å². The third-order valence-electron chi connectivity index (χ3n) is 1.50. The molecule has 0 spiro atoms. The first kappa shape index (κ1) is 10.3. The third kappa shape index (κ3) is 1.91. The Hall–Kier alpha value is -0.823. The Morgan fingerprint density at radius 2 is 2.38 bits per heavy atom. The molecule has 3 nitrogen and oxygen atoms in total. The minimum absolute atomic E-state index is 0. The fourth-order valence-electron chi connectivity index (χ4n) is 0.975. The van der Waals surface area contributed by atoms with E-state index in [1.807, 2.05) is 6.07 Å². The van der Waals surface area contributed by atoms with Crippen LogP contribution in [0.4, 0.5) is 0 Å². The van der Waals surface area contributed by atoms with Gasteiger partial charge in [-0.15, -0.1) is 11.3 Å². The van der Waals surface area contributed by atoms with Gasteiger partial charge in [-0.1, -0.05) is 0 Å². The molecule has 0 aliphatic rings. The molecule has 2 aromatic heterocycles. The summed E-state index contributed by atoms with van der Waals surface area (Å²) in [6.07, 6.45) is 1.65. The van der Waals surface area contributed by atoms with Crippen molar-refractivity contribution in [2.75, 3.05) is 0 Å². The van der Waals surface area contributed by atoms with Crippen molar-refractivity contribution in [1.29, 1.82) is 0 Å². The summed E-state index contributed by atoms with van der Waals surface area (Å²) in [5.74, 6) is -0.891. The van der Waals surface area contributed by atoms with Gasteiger partial charge in [0.25, 0.3) is 0 Å². The topological polar surface area (TPSA) is 50.2 Å². The van der Waals surface area contributed by atoms with E-state index in [1.54, 1.807) is 18.3 Å². The Labute approximate surface area is 92.1 Å². The van der Waals surface area contributed by atoms with Gasteiger partial charge in [-0.3, -0.25) is 4.98 Å². The molecule has 0 amide bonds. The van der Waals surface area contributed by atoms with E-state index in [4.69, 9.17) is 5.11 Å². The number of rotatable bonds is 1. The molecule has 2 aromatic rings. The van der Waals surface area contributed by atoms with Gasteiger partial charge >= 0.3 is 24.8 Å².